The third kappa shape index (κ3) is 1.44. The number of ether oxygens (including phenoxy) is 1. The SMILES string of the molecule is CC1(C)[C@@H](N)[C@@H]1Cc1ccc2c(c1)CCO2. The zero-order valence-corrected chi connectivity index (χ0v) is 9.99. The highest BCUT2D eigenvalue weighted by Crippen LogP contribution is 2.52. The van der Waals surface area contributed by atoms with Crippen LogP contribution in [0.1, 0.15) is 25.0 Å². The Hall–Kier alpha value is -1.02. The molecule has 0 unspecified atom stereocenters. The number of hydrogen-bond acceptors (Lipinski definition) is 2. The van der Waals surface area contributed by atoms with Crippen molar-refractivity contribution < 1.29 is 4.74 Å². The van der Waals surface area contributed by atoms with E-state index in [4.69, 9.17) is 10.5 Å². The molecule has 2 atom stereocenters. The number of fused-ring (bicyclic) bond motifs is 1. The van der Waals surface area contributed by atoms with Gasteiger partial charge < -0.3 is 10.5 Å². The van der Waals surface area contributed by atoms with E-state index in [1.807, 2.05) is 0 Å². The van der Waals surface area contributed by atoms with Gasteiger partial charge in [-0.05, 0) is 34.9 Å². The molecule has 2 aliphatic rings. The molecule has 1 saturated carbocycles. The zero-order chi connectivity index (χ0) is 11.3. The van der Waals surface area contributed by atoms with Crippen LogP contribution in [0.4, 0.5) is 0 Å². The van der Waals surface area contributed by atoms with Gasteiger partial charge in [0.25, 0.3) is 0 Å². The molecule has 16 heavy (non-hydrogen) atoms. The first kappa shape index (κ1) is 10.2. The van der Waals surface area contributed by atoms with E-state index >= 15 is 0 Å². The fourth-order valence-electron chi connectivity index (χ4n) is 2.80. The molecule has 3 rings (SSSR count). The summed E-state index contributed by atoms with van der Waals surface area (Å²) < 4.78 is 5.51. The Labute approximate surface area is 96.8 Å². The largest absolute Gasteiger partial charge is 0.493 e. The van der Waals surface area contributed by atoms with Crippen molar-refractivity contribution in [1.82, 2.24) is 0 Å². The molecule has 1 heterocycles. The quantitative estimate of drug-likeness (QED) is 0.823. The summed E-state index contributed by atoms with van der Waals surface area (Å²) in [5.74, 6) is 1.72. The van der Waals surface area contributed by atoms with Crippen LogP contribution >= 0.6 is 0 Å². The van der Waals surface area contributed by atoms with Crippen LogP contribution in [0, 0.1) is 11.3 Å². The molecule has 0 bridgehead atoms. The van der Waals surface area contributed by atoms with Gasteiger partial charge in [-0.15, -0.1) is 0 Å². The van der Waals surface area contributed by atoms with E-state index < -0.39 is 0 Å². The van der Waals surface area contributed by atoms with E-state index in [1.165, 1.54) is 11.1 Å². The molecule has 0 aromatic heterocycles. The highest BCUT2D eigenvalue weighted by molar-refractivity contribution is 5.40. The molecule has 1 aliphatic carbocycles. The molecule has 2 nitrogen and oxygen atoms in total. The summed E-state index contributed by atoms with van der Waals surface area (Å²) in [7, 11) is 0. The first-order valence-corrected chi connectivity index (χ1v) is 6.09. The molecule has 0 spiro atoms. The molecule has 2 N–H and O–H groups in total. The Kier molecular flexibility index (Phi) is 2.05. The van der Waals surface area contributed by atoms with Gasteiger partial charge in [-0.3, -0.25) is 0 Å². The Morgan fingerprint density at radius 3 is 2.88 bits per heavy atom. The van der Waals surface area contributed by atoms with Crippen molar-refractivity contribution >= 4 is 0 Å². The molecule has 1 aliphatic heterocycles. The molecular weight excluding hydrogens is 198 g/mol. The van der Waals surface area contributed by atoms with Crippen molar-refractivity contribution in [2.45, 2.75) is 32.7 Å². The Morgan fingerprint density at radius 2 is 2.19 bits per heavy atom. The van der Waals surface area contributed by atoms with Crippen molar-refractivity contribution in [3.63, 3.8) is 0 Å². The van der Waals surface area contributed by atoms with Gasteiger partial charge in [0.15, 0.2) is 0 Å². The van der Waals surface area contributed by atoms with Gasteiger partial charge in [-0.25, -0.2) is 0 Å². The van der Waals surface area contributed by atoms with Gasteiger partial charge in [0.05, 0.1) is 6.61 Å². The molecule has 2 heteroatoms. The lowest BCUT2D eigenvalue weighted by Gasteiger charge is -2.05. The van der Waals surface area contributed by atoms with Crippen LogP contribution in [0.3, 0.4) is 0 Å². The Bertz CT molecular complexity index is 425. The predicted octanol–water partition coefficient (Wildman–Crippen LogP) is 2.15. The van der Waals surface area contributed by atoms with Crippen LogP contribution in [0.2, 0.25) is 0 Å². The van der Waals surface area contributed by atoms with Gasteiger partial charge in [0.1, 0.15) is 5.75 Å². The van der Waals surface area contributed by atoms with Crippen LogP contribution in [-0.2, 0) is 12.8 Å². The van der Waals surface area contributed by atoms with Crippen molar-refractivity contribution in [3.05, 3.63) is 29.3 Å². The van der Waals surface area contributed by atoms with Crippen molar-refractivity contribution in [2.24, 2.45) is 17.1 Å². The third-order valence-electron chi connectivity index (χ3n) is 4.35. The van der Waals surface area contributed by atoms with E-state index in [-0.39, 0.29) is 0 Å². The molecule has 1 aromatic rings. The maximum absolute atomic E-state index is 6.08. The molecule has 0 radical (unpaired) electrons. The van der Waals surface area contributed by atoms with Gasteiger partial charge in [0, 0.05) is 12.5 Å². The zero-order valence-electron chi connectivity index (χ0n) is 9.99. The number of nitrogens with two attached hydrogens (primary N) is 1. The lowest BCUT2D eigenvalue weighted by molar-refractivity contribution is 0.357. The van der Waals surface area contributed by atoms with Crippen LogP contribution in [-0.4, -0.2) is 12.6 Å². The predicted molar refractivity (Wildman–Crippen MR) is 64.6 cm³/mol. The second kappa shape index (κ2) is 3.24. The van der Waals surface area contributed by atoms with Gasteiger partial charge in [-0.2, -0.15) is 0 Å². The number of hydrogen-bond donors (Lipinski definition) is 1. The minimum atomic E-state index is 0.329. The summed E-state index contributed by atoms with van der Waals surface area (Å²) in [6.07, 6.45) is 2.17. The second-order valence-electron chi connectivity index (χ2n) is 5.70. The number of benzene rings is 1. The highest BCUT2D eigenvalue weighted by atomic mass is 16.5. The Balaban J connectivity index is 1.77. The molecule has 86 valence electrons. The minimum Gasteiger partial charge on any atom is -0.493 e. The lowest BCUT2D eigenvalue weighted by atomic mass is 10.0. The average molecular weight is 217 g/mol. The van der Waals surface area contributed by atoms with E-state index in [0.717, 1.165) is 25.2 Å². The molecule has 1 aromatic carbocycles. The first-order valence-electron chi connectivity index (χ1n) is 6.09. The highest BCUT2D eigenvalue weighted by Gasteiger charge is 2.54. The lowest BCUT2D eigenvalue weighted by Crippen LogP contribution is -2.07. The third-order valence-corrected chi connectivity index (χ3v) is 4.35. The fourth-order valence-corrected chi connectivity index (χ4v) is 2.80. The average Bonchev–Trinajstić information content (AvgIpc) is 2.69. The van der Waals surface area contributed by atoms with Crippen molar-refractivity contribution in [2.75, 3.05) is 6.61 Å². The summed E-state index contributed by atoms with van der Waals surface area (Å²) in [5.41, 5.74) is 9.19. The summed E-state index contributed by atoms with van der Waals surface area (Å²) >= 11 is 0. The summed E-state index contributed by atoms with van der Waals surface area (Å²) in [4.78, 5) is 0. The van der Waals surface area contributed by atoms with Crippen molar-refractivity contribution in [1.29, 1.82) is 0 Å². The molecule has 1 fully saturated rings. The maximum atomic E-state index is 6.08. The molecule has 0 amide bonds. The van der Waals surface area contributed by atoms with Gasteiger partial charge >= 0.3 is 0 Å². The van der Waals surface area contributed by atoms with E-state index in [0.29, 0.717) is 17.4 Å². The summed E-state index contributed by atoms with van der Waals surface area (Å²) in [6.45, 7) is 5.37. The van der Waals surface area contributed by atoms with E-state index in [2.05, 4.69) is 32.0 Å². The van der Waals surface area contributed by atoms with E-state index in [1.54, 1.807) is 0 Å². The Morgan fingerprint density at radius 1 is 1.44 bits per heavy atom. The minimum absolute atomic E-state index is 0.329. The van der Waals surface area contributed by atoms with Crippen LogP contribution in [0.25, 0.3) is 0 Å². The summed E-state index contributed by atoms with van der Waals surface area (Å²) in [6, 6.07) is 6.96. The van der Waals surface area contributed by atoms with Crippen LogP contribution < -0.4 is 10.5 Å². The van der Waals surface area contributed by atoms with Gasteiger partial charge in [0.2, 0.25) is 0 Å². The van der Waals surface area contributed by atoms with Crippen LogP contribution in [0.15, 0.2) is 18.2 Å². The van der Waals surface area contributed by atoms with Gasteiger partial charge in [-0.1, -0.05) is 26.0 Å². The molecular formula is C14H19NO. The van der Waals surface area contributed by atoms with E-state index in [9.17, 15) is 0 Å². The first-order chi connectivity index (χ1) is 7.59. The van der Waals surface area contributed by atoms with Crippen LogP contribution in [0.5, 0.6) is 5.75 Å². The monoisotopic (exact) mass is 217 g/mol. The maximum Gasteiger partial charge on any atom is 0.122 e. The smallest absolute Gasteiger partial charge is 0.122 e. The topological polar surface area (TPSA) is 35.2 Å². The summed E-state index contributed by atoms with van der Waals surface area (Å²) in [5, 5.41) is 0. The second-order valence-corrected chi connectivity index (χ2v) is 5.70. The van der Waals surface area contributed by atoms with Crippen molar-refractivity contribution in [3.8, 4) is 5.75 Å². The number of rotatable bonds is 2. The normalized spacial score (nSPS) is 29.7. The molecule has 0 saturated heterocycles. The standard InChI is InChI=1S/C14H19NO/c1-14(2)11(13(14)15)8-9-3-4-12-10(7-9)5-6-16-12/h3-4,7,11,13H,5-6,8,15H2,1-2H3/t11-,13-/m0/s1. The fraction of sp³-hybridized carbons (Fsp3) is 0.571.